The highest BCUT2D eigenvalue weighted by Gasteiger charge is 2.12. The Hall–Kier alpha value is -2.92. The van der Waals surface area contributed by atoms with E-state index in [2.05, 4.69) is 15.3 Å². The summed E-state index contributed by atoms with van der Waals surface area (Å²) in [5.74, 6) is -0.223. The molecule has 25 heavy (non-hydrogen) atoms. The summed E-state index contributed by atoms with van der Waals surface area (Å²) in [4.78, 5) is 30.7. The van der Waals surface area contributed by atoms with Gasteiger partial charge in [0.1, 0.15) is 0 Å². The topological polar surface area (TPSA) is 74.8 Å². The molecule has 6 heteroatoms. The molecule has 0 radical (unpaired) electrons. The second-order valence-electron chi connectivity index (χ2n) is 5.59. The fourth-order valence-electron chi connectivity index (χ4n) is 2.48. The molecule has 2 heterocycles. The Labute approximate surface area is 149 Å². The summed E-state index contributed by atoms with van der Waals surface area (Å²) in [5, 5.41) is 3.27. The van der Waals surface area contributed by atoms with Gasteiger partial charge in [0.25, 0.3) is 5.91 Å². The number of hydrogen-bond acceptors (Lipinski definition) is 3. The second kappa shape index (κ2) is 7.32. The Morgan fingerprint density at radius 3 is 2.64 bits per heavy atom. The van der Waals surface area contributed by atoms with E-state index in [4.69, 9.17) is 11.6 Å². The summed E-state index contributed by atoms with van der Waals surface area (Å²) in [7, 11) is 0. The fraction of sp³-hybridized carbons (Fsp3) is 0.105. The molecule has 0 saturated carbocycles. The SMILES string of the molecule is Cc1cccc(Cl)c1C(=O)NCc1ccc(-c2cccc(=O)[nH]2)nc1. The highest BCUT2D eigenvalue weighted by atomic mass is 35.5. The third kappa shape index (κ3) is 3.95. The highest BCUT2D eigenvalue weighted by molar-refractivity contribution is 6.34. The Morgan fingerprint density at radius 2 is 1.96 bits per heavy atom. The summed E-state index contributed by atoms with van der Waals surface area (Å²) in [5.41, 5.74) is 3.29. The van der Waals surface area contributed by atoms with Crippen molar-refractivity contribution in [3.8, 4) is 11.4 Å². The number of nitrogens with one attached hydrogen (secondary N) is 2. The molecule has 126 valence electrons. The molecular weight excluding hydrogens is 338 g/mol. The number of halogens is 1. The van der Waals surface area contributed by atoms with Gasteiger partial charge in [-0.2, -0.15) is 0 Å². The number of rotatable bonds is 4. The van der Waals surface area contributed by atoms with Crippen molar-refractivity contribution in [1.29, 1.82) is 0 Å². The number of pyridine rings is 2. The van der Waals surface area contributed by atoms with Crippen LogP contribution in [0.1, 0.15) is 21.5 Å². The van der Waals surface area contributed by atoms with Crippen molar-refractivity contribution >= 4 is 17.5 Å². The van der Waals surface area contributed by atoms with E-state index >= 15 is 0 Å². The summed E-state index contributed by atoms with van der Waals surface area (Å²) in [6, 6.07) is 13.9. The average molecular weight is 354 g/mol. The number of H-pyrrole nitrogens is 1. The van der Waals surface area contributed by atoms with Crippen LogP contribution in [0.3, 0.4) is 0 Å². The molecule has 3 aromatic rings. The van der Waals surface area contributed by atoms with Crippen molar-refractivity contribution < 1.29 is 4.79 Å². The zero-order valence-corrected chi connectivity index (χ0v) is 14.3. The third-order valence-electron chi connectivity index (χ3n) is 3.77. The molecule has 0 aliphatic carbocycles. The van der Waals surface area contributed by atoms with Crippen LogP contribution < -0.4 is 10.9 Å². The number of carbonyl (C=O) groups is 1. The van der Waals surface area contributed by atoms with E-state index in [-0.39, 0.29) is 11.5 Å². The summed E-state index contributed by atoms with van der Waals surface area (Å²) < 4.78 is 0. The quantitative estimate of drug-likeness (QED) is 0.755. The van der Waals surface area contributed by atoms with Gasteiger partial charge in [0.05, 0.1) is 22.0 Å². The van der Waals surface area contributed by atoms with Crippen LogP contribution in [0.15, 0.2) is 59.5 Å². The molecule has 5 nitrogen and oxygen atoms in total. The van der Waals surface area contributed by atoms with Crippen LogP contribution in [0.25, 0.3) is 11.4 Å². The van der Waals surface area contributed by atoms with E-state index in [0.29, 0.717) is 28.5 Å². The first-order valence-electron chi connectivity index (χ1n) is 7.72. The van der Waals surface area contributed by atoms with Gasteiger partial charge in [-0.05, 0) is 36.2 Å². The lowest BCUT2D eigenvalue weighted by Gasteiger charge is -2.09. The number of aryl methyl sites for hydroxylation is 1. The molecule has 3 rings (SSSR count). The van der Waals surface area contributed by atoms with Gasteiger partial charge in [0, 0.05) is 18.8 Å². The number of amides is 1. The molecule has 0 spiro atoms. The minimum absolute atomic E-state index is 0.175. The van der Waals surface area contributed by atoms with Gasteiger partial charge in [-0.1, -0.05) is 35.9 Å². The summed E-state index contributed by atoms with van der Waals surface area (Å²) >= 11 is 6.11. The standard InChI is InChI=1S/C19H16ClN3O2/c1-12-4-2-5-14(20)18(12)19(25)22-11-13-8-9-15(21-10-13)16-6-3-7-17(24)23-16/h2-10H,11H2,1H3,(H,22,25)(H,23,24). The molecule has 0 fully saturated rings. The van der Waals surface area contributed by atoms with Crippen molar-refractivity contribution in [2.24, 2.45) is 0 Å². The van der Waals surface area contributed by atoms with Crippen LogP contribution in [0.4, 0.5) is 0 Å². The minimum atomic E-state index is -0.223. The number of benzene rings is 1. The number of nitrogens with zero attached hydrogens (tertiary/aromatic N) is 1. The molecule has 0 aliphatic heterocycles. The molecule has 0 saturated heterocycles. The molecule has 0 unspecified atom stereocenters. The zero-order chi connectivity index (χ0) is 17.8. The first kappa shape index (κ1) is 16.9. The second-order valence-corrected chi connectivity index (χ2v) is 6.00. The first-order valence-corrected chi connectivity index (χ1v) is 8.10. The highest BCUT2D eigenvalue weighted by Crippen LogP contribution is 2.19. The average Bonchev–Trinajstić information content (AvgIpc) is 2.60. The van der Waals surface area contributed by atoms with Gasteiger partial charge in [-0.3, -0.25) is 14.6 Å². The van der Waals surface area contributed by atoms with Gasteiger partial charge in [0.15, 0.2) is 0 Å². The number of aromatic amines is 1. The summed E-state index contributed by atoms with van der Waals surface area (Å²) in [6.07, 6.45) is 1.67. The van der Waals surface area contributed by atoms with Gasteiger partial charge in [-0.25, -0.2) is 0 Å². The Balaban J connectivity index is 1.70. The first-order chi connectivity index (χ1) is 12.0. The molecule has 1 aromatic carbocycles. The smallest absolute Gasteiger partial charge is 0.253 e. The maximum absolute atomic E-state index is 12.3. The predicted octanol–water partition coefficient (Wildman–Crippen LogP) is 3.33. The van der Waals surface area contributed by atoms with Crippen molar-refractivity contribution in [2.75, 3.05) is 0 Å². The van der Waals surface area contributed by atoms with E-state index in [9.17, 15) is 9.59 Å². The van der Waals surface area contributed by atoms with Gasteiger partial charge < -0.3 is 10.3 Å². The number of aromatic nitrogens is 2. The van der Waals surface area contributed by atoms with Gasteiger partial charge in [0.2, 0.25) is 5.56 Å². The predicted molar refractivity (Wildman–Crippen MR) is 97.7 cm³/mol. The Morgan fingerprint density at radius 1 is 1.16 bits per heavy atom. The van der Waals surface area contributed by atoms with E-state index in [0.717, 1.165) is 11.1 Å². The molecule has 2 aromatic heterocycles. The van der Waals surface area contributed by atoms with E-state index in [1.165, 1.54) is 6.07 Å². The molecule has 1 amide bonds. The molecule has 0 aliphatic rings. The van der Waals surface area contributed by atoms with E-state index in [1.54, 1.807) is 30.5 Å². The third-order valence-corrected chi connectivity index (χ3v) is 4.09. The number of hydrogen-bond donors (Lipinski definition) is 2. The molecule has 0 bridgehead atoms. The lowest BCUT2D eigenvalue weighted by molar-refractivity contribution is 0.0950. The van der Waals surface area contributed by atoms with E-state index < -0.39 is 0 Å². The van der Waals surface area contributed by atoms with Crippen LogP contribution in [0.5, 0.6) is 0 Å². The van der Waals surface area contributed by atoms with E-state index in [1.807, 2.05) is 25.1 Å². The monoisotopic (exact) mass is 353 g/mol. The maximum Gasteiger partial charge on any atom is 0.253 e. The van der Waals surface area contributed by atoms with Crippen LogP contribution in [0, 0.1) is 6.92 Å². The largest absolute Gasteiger partial charge is 0.348 e. The lowest BCUT2D eigenvalue weighted by atomic mass is 10.1. The van der Waals surface area contributed by atoms with Crippen molar-refractivity contribution in [2.45, 2.75) is 13.5 Å². The van der Waals surface area contributed by atoms with Gasteiger partial charge >= 0.3 is 0 Å². The normalized spacial score (nSPS) is 10.5. The van der Waals surface area contributed by atoms with Crippen LogP contribution in [-0.4, -0.2) is 15.9 Å². The zero-order valence-electron chi connectivity index (χ0n) is 13.5. The van der Waals surface area contributed by atoms with Crippen LogP contribution in [-0.2, 0) is 6.54 Å². The molecule has 2 N–H and O–H groups in total. The fourth-order valence-corrected chi connectivity index (χ4v) is 2.78. The van der Waals surface area contributed by atoms with Gasteiger partial charge in [-0.15, -0.1) is 0 Å². The maximum atomic E-state index is 12.3. The number of carbonyl (C=O) groups excluding carboxylic acids is 1. The lowest BCUT2D eigenvalue weighted by Crippen LogP contribution is -2.24. The molecular formula is C19H16ClN3O2. The van der Waals surface area contributed by atoms with Crippen LogP contribution in [0.2, 0.25) is 5.02 Å². The van der Waals surface area contributed by atoms with Crippen molar-refractivity contribution in [3.05, 3.63) is 86.8 Å². The van der Waals surface area contributed by atoms with Crippen molar-refractivity contribution in [1.82, 2.24) is 15.3 Å². The Kier molecular flexibility index (Phi) is 4.95. The van der Waals surface area contributed by atoms with Crippen LogP contribution >= 0.6 is 11.6 Å². The summed E-state index contributed by atoms with van der Waals surface area (Å²) in [6.45, 7) is 2.18. The van der Waals surface area contributed by atoms with Crippen molar-refractivity contribution in [3.63, 3.8) is 0 Å². The Bertz CT molecular complexity index is 945. The molecule has 0 atom stereocenters. The minimum Gasteiger partial charge on any atom is -0.348 e.